The van der Waals surface area contributed by atoms with Crippen LogP contribution in [0.2, 0.25) is 5.02 Å². The standard InChI is InChI=1S/C22H25ClN6O2/c23-18-11-25-21(27-20(18)17-10-24-19-6-2-1-5-16(17)19)26-14-7-9-28(12-14)15-4-3-8-29(13-15)22(30)31/h1-2,5-6,10-11,14-15,24H,3-4,7-9,12-13H2,(H,30,31)(H,25,26,27)/t14-,15?/m1/s1. The van der Waals surface area contributed by atoms with Crippen molar-refractivity contribution in [3.63, 3.8) is 0 Å². The van der Waals surface area contributed by atoms with Crippen molar-refractivity contribution in [3.8, 4) is 11.3 Å². The van der Waals surface area contributed by atoms with Gasteiger partial charge in [-0.1, -0.05) is 29.8 Å². The Morgan fingerprint density at radius 1 is 1.23 bits per heavy atom. The number of likely N-dealkylation sites (tertiary alicyclic amines) is 2. The van der Waals surface area contributed by atoms with E-state index in [1.165, 1.54) is 4.90 Å². The summed E-state index contributed by atoms with van der Waals surface area (Å²) in [6, 6.07) is 8.56. The molecule has 0 saturated carbocycles. The fourth-order valence-corrected chi connectivity index (χ4v) is 4.93. The summed E-state index contributed by atoms with van der Waals surface area (Å²) in [5.41, 5.74) is 2.70. The average Bonchev–Trinajstić information content (AvgIpc) is 3.42. The van der Waals surface area contributed by atoms with E-state index in [-0.39, 0.29) is 12.1 Å². The highest BCUT2D eigenvalue weighted by Crippen LogP contribution is 2.32. The molecule has 1 aromatic carbocycles. The zero-order valence-electron chi connectivity index (χ0n) is 17.1. The van der Waals surface area contributed by atoms with Crippen LogP contribution in [0.3, 0.4) is 0 Å². The first kappa shape index (κ1) is 20.1. The van der Waals surface area contributed by atoms with E-state index in [4.69, 9.17) is 16.6 Å². The first-order valence-corrected chi connectivity index (χ1v) is 11.0. The van der Waals surface area contributed by atoms with Crippen LogP contribution in [0.4, 0.5) is 10.7 Å². The molecule has 162 valence electrons. The van der Waals surface area contributed by atoms with E-state index >= 15 is 0 Å². The monoisotopic (exact) mass is 440 g/mol. The zero-order valence-corrected chi connectivity index (χ0v) is 17.8. The Morgan fingerprint density at radius 2 is 2.10 bits per heavy atom. The van der Waals surface area contributed by atoms with E-state index in [0.29, 0.717) is 29.8 Å². The number of nitrogens with one attached hydrogen (secondary N) is 2. The summed E-state index contributed by atoms with van der Waals surface area (Å²) in [6.07, 6.45) is 5.68. The van der Waals surface area contributed by atoms with E-state index in [1.807, 2.05) is 30.5 Å². The summed E-state index contributed by atoms with van der Waals surface area (Å²) in [5, 5.41) is 14.3. The molecule has 2 fully saturated rings. The lowest BCUT2D eigenvalue weighted by Gasteiger charge is -2.36. The number of benzene rings is 1. The molecule has 4 heterocycles. The lowest BCUT2D eigenvalue weighted by molar-refractivity contribution is 0.0962. The fourth-order valence-electron chi connectivity index (χ4n) is 4.74. The quantitative estimate of drug-likeness (QED) is 0.569. The molecule has 2 aliphatic heterocycles. The minimum Gasteiger partial charge on any atom is -0.465 e. The molecule has 0 spiro atoms. The van der Waals surface area contributed by atoms with Gasteiger partial charge in [0.1, 0.15) is 0 Å². The highest BCUT2D eigenvalue weighted by atomic mass is 35.5. The molecule has 3 aromatic rings. The third-order valence-electron chi connectivity index (χ3n) is 6.32. The zero-order chi connectivity index (χ0) is 21.4. The number of aromatic amines is 1. The predicted octanol–water partition coefficient (Wildman–Crippen LogP) is 3.91. The molecular formula is C22H25ClN6O2. The maximum absolute atomic E-state index is 11.3. The molecule has 2 atom stereocenters. The van der Waals surface area contributed by atoms with E-state index in [9.17, 15) is 9.90 Å². The van der Waals surface area contributed by atoms with Gasteiger partial charge < -0.3 is 20.3 Å². The van der Waals surface area contributed by atoms with Crippen molar-refractivity contribution in [2.75, 3.05) is 31.5 Å². The molecule has 3 N–H and O–H groups in total. The lowest BCUT2D eigenvalue weighted by Crippen LogP contribution is -2.49. The molecule has 2 aromatic heterocycles. The Morgan fingerprint density at radius 3 is 2.97 bits per heavy atom. The van der Waals surface area contributed by atoms with Gasteiger partial charge in [-0.05, 0) is 25.3 Å². The lowest BCUT2D eigenvalue weighted by atomic mass is 10.1. The molecule has 2 aliphatic rings. The van der Waals surface area contributed by atoms with Crippen molar-refractivity contribution in [3.05, 3.63) is 41.7 Å². The van der Waals surface area contributed by atoms with Gasteiger partial charge in [-0.3, -0.25) is 4.90 Å². The molecule has 0 aliphatic carbocycles. The van der Waals surface area contributed by atoms with Gasteiger partial charge in [0.25, 0.3) is 0 Å². The van der Waals surface area contributed by atoms with Crippen LogP contribution in [0.25, 0.3) is 22.2 Å². The summed E-state index contributed by atoms with van der Waals surface area (Å²) in [5.74, 6) is 0.562. The van der Waals surface area contributed by atoms with Gasteiger partial charge in [-0.2, -0.15) is 0 Å². The topological polar surface area (TPSA) is 97.4 Å². The fraction of sp³-hybridized carbons (Fsp3) is 0.409. The van der Waals surface area contributed by atoms with Gasteiger partial charge in [0.2, 0.25) is 5.95 Å². The third-order valence-corrected chi connectivity index (χ3v) is 6.60. The van der Waals surface area contributed by atoms with E-state index in [1.54, 1.807) is 6.20 Å². The number of hydrogen-bond donors (Lipinski definition) is 3. The van der Waals surface area contributed by atoms with Crippen LogP contribution >= 0.6 is 11.6 Å². The molecule has 31 heavy (non-hydrogen) atoms. The minimum atomic E-state index is -0.821. The van der Waals surface area contributed by atoms with Gasteiger partial charge in [0.15, 0.2) is 0 Å². The number of rotatable bonds is 4. The number of fused-ring (bicyclic) bond motifs is 1. The highest BCUT2D eigenvalue weighted by Gasteiger charge is 2.32. The van der Waals surface area contributed by atoms with Crippen molar-refractivity contribution in [2.24, 2.45) is 0 Å². The third kappa shape index (κ3) is 4.05. The molecule has 0 bridgehead atoms. The van der Waals surface area contributed by atoms with Crippen LogP contribution in [-0.4, -0.2) is 74.2 Å². The minimum absolute atomic E-state index is 0.220. The first-order valence-electron chi connectivity index (χ1n) is 10.7. The summed E-state index contributed by atoms with van der Waals surface area (Å²) in [7, 11) is 0. The summed E-state index contributed by atoms with van der Waals surface area (Å²) >= 11 is 6.44. The van der Waals surface area contributed by atoms with Crippen molar-refractivity contribution < 1.29 is 9.90 Å². The first-order chi connectivity index (χ1) is 15.1. The Hall–Kier alpha value is -2.84. The van der Waals surface area contributed by atoms with Crippen LogP contribution in [0.1, 0.15) is 19.3 Å². The van der Waals surface area contributed by atoms with Gasteiger partial charge >= 0.3 is 6.09 Å². The maximum Gasteiger partial charge on any atom is 0.407 e. The molecule has 8 nitrogen and oxygen atoms in total. The van der Waals surface area contributed by atoms with Crippen LogP contribution in [0.5, 0.6) is 0 Å². The van der Waals surface area contributed by atoms with Gasteiger partial charge in [0.05, 0.1) is 16.9 Å². The second-order valence-corrected chi connectivity index (χ2v) is 8.69. The van der Waals surface area contributed by atoms with Gasteiger partial charge in [-0.15, -0.1) is 0 Å². The van der Waals surface area contributed by atoms with Crippen molar-refractivity contribution in [1.82, 2.24) is 24.8 Å². The number of aromatic nitrogens is 3. The number of halogens is 1. The predicted molar refractivity (Wildman–Crippen MR) is 121 cm³/mol. The number of amides is 1. The van der Waals surface area contributed by atoms with Crippen molar-refractivity contribution in [2.45, 2.75) is 31.3 Å². The SMILES string of the molecule is O=C(O)N1CCCC(N2CC[C@@H](Nc3ncc(Cl)c(-c4c[nH]c5ccccc45)n3)C2)C1. The Balaban J connectivity index is 1.29. The molecule has 2 saturated heterocycles. The average molecular weight is 441 g/mol. The number of carbonyl (C=O) groups is 1. The van der Waals surface area contributed by atoms with Crippen LogP contribution < -0.4 is 5.32 Å². The number of anilines is 1. The smallest absolute Gasteiger partial charge is 0.407 e. The summed E-state index contributed by atoms with van der Waals surface area (Å²) in [6.45, 7) is 3.02. The van der Waals surface area contributed by atoms with Gasteiger partial charge in [0, 0.05) is 60.9 Å². The molecule has 5 rings (SSSR count). The molecule has 1 unspecified atom stereocenters. The van der Waals surface area contributed by atoms with Crippen LogP contribution in [0.15, 0.2) is 36.7 Å². The van der Waals surface area contributed by atoms with Gasteiger partial charge in [-0.25, -0.2) is 14.8 Å². The van der Waals surface area contributed by atoms with E-state index in [2.05, 4.69) is 20.2 Å². The maximum atomic E-state index is 11.3. The van der Waals surface area contributed by atoms with Crippen molar-refractivity contribution in [1.29, 1.82) is 0 Å². The molecular weight excluding hydrogens is 416 g/mol. The second-order valence-electron chi connectivity index (χ2n) is 8.29. The number of H-pyrrole nitrogens is 1. The van der Waals surface area contributed by atoms with E-state index in [0.717, 1.165) is 48.8 Å². The summed E-state index contributed by atoms with van der Waals surface area (Å²) < 4.78 is 0. The molecule has 1 amide bonds. The largest absolute Gasteiger partial charge is 0.465 e. The Bertz CT molecular complexity index is 1100. The Kier molecular flexibility index (Phi) is 5.41. The number of para-hydroxylation sites is 1. The number of hydrogen-bond acceptors (Lipinski definition) is 5. The summed E-state index contributed by atoms with van der Waals surface area (Å²) in [4.78, 5) is 27.6. The highest BCUT2D eigenvalue weighted by molar-refractivity contribution is 6.33. The normalized spacial score (nSPS) is 22.2. The Labute approximate surface area is 185 Å². The molecule has 9 heteroatoms. The number of carboxylic acid groups (broad SMARTS) is 1. The second kappa shape index (κ2) is 8.36. The number of nitrogens with zero attached hydrogens (tertiary/aromatic N) is 4. The number of piperidine rings is 1. The van der Waals surface area contributed by atoms with Crippen LogP contribution in [-0.2, 0) is 0 Å². The van der Waals surface area contributed by atoms with Crippen molar-refractivity contribution >= 4 is 34.5 Å². The van der Waals surface area contributed by atoms with Crippen LogP contribution in [0, 0.1) is 0 Å². The molecule has 0 radical (unpaired) electrons. The van der Waals surface area contributed by atoms with E-state index < -0.39 is 6.09 Å².